The van der Waals surface area contributed by atoms with Gasteiger partial charge < -0.3 is 4.98 Å². The van der Waals surface area contributed by atoms with E-state index in [2.05, 4.69) is 59.9 Å². The molecule has 2 aromatic heterocycles. The largest absolute Gasteiger partial charge is 0.354 e. The highest BCUT2D eigenvalue weighted by Crippen LogP contribution is 2.43. The maximum atomic E-state index is 12.8. The lowest BCUT2D eigenvalue weighted by atomic mass is 9.91. The molecule has 4 nitrogen and oxygen atoms in total. The number of aromatic amines is 1. The van der Waals surface area contributed by atoms with Crippen LogP contribution in [0.25, 0.3) is 43.9 Å². The molecule has 0 atom stereocenters. The first kappa shape index (κ1) is 15.8. The van der Waals surface area contributed by atoms with E-state index in [-0.39, 0.29) is 17.2 Å². The molecule has 0 spiro atoms. The molecule has 0 saturated carbocycles. The number of aromatic nitrogens is 1. The van der Waals surface area contributed by atoms with Gasteiger partial charge in [0.1, 0.15) is 0 Å². The Morgan fingerprint density at radius 1 is 0.893 bits per heavy atom. The molecule has 3 heterocycles. The molecule has 1 aliphatic carbocycles. The van der Waals surface area contributed by atoms with Crippen LogP contribution in [0.4, 0.5) is 0 Å². The molecule has 136 valence electrons. The monoisotopic (exact) mass is 384 g/mol. The molecule has 28 heavy (non-hydrogen) atoms. The lowest BCUT2D eigenvalue weighted by molar-refractivity contribution is 0.0880. The normalized spacial score (nSPS) is 17.4. The van der Waals surface area contributed by atoms with E-state index in [0.29, 0.717) is 11.1 Å². The first-order valence-corrected chi connectivity index (χ1v) is 10.1. The van der Waals surface area contributed by atoms with Gasteiger partial charge >= 0.3 is 0 Å². The third-order valence-electron chi connectivity index (χ3n) is 5.76. The quantitative estimate of drug-likeness (QED) is 0.394. The van der Waals surface area contributed by atoms with Gasteiger partial charge in [-0.1, -0.05) is 38.1 Å². The van der Waals surface area contributed by atoms with Gasteiger partial charge in [0.25, 0.3) is 11.8 Å². The molecule has 2 aliphatic rings. The third-order valence-corrected chi connectivity index (χ3v) is 6.65. The Kier molecular flexibility index (Phi) is 2.83. The van der Waals surface area contributed by atoms with Crippen molar-refractivity contribution in [2.75, 3.05) is 0 Å². The topological polar surface area (TPSA) is 62.0 Å². The van der Waals surface area contributed by atoms with Crippen molar-refractivity contribution in [1.82, 2.24) is 10.3 Å². The predicted octanol–water partition coefficient (Wildman–Crippen LogP) is 5.49. The molecule has 5 heteroatoms. The summed E-state index contributed by atoms with van der Waals surface area (Å²) in [6.07, 6.45) is 8.44. The fourth-order valence-corrected chi connectivity index (χ4v) is 5.20. The van der Waals surface area contributed by atoms with E-state index in [1.54, 1.807) is 11.3 Å². The van der Waals surface area contributed by atoms with Crippen molar-refractivity contribution in [2.24, 2.45) is 5.41 Å². The fraction of sp³-hybridized carbons (Fsp3) is 0.130. The van der Waals surface area contributed by atoms with Crippen molar-refractivity contribution >= 4 is 67.1 Å². The standard InChI is InChI=1S/C23H16N2O2S/c1-23(2)8-5-11-14(6-9-23)24-20-16-12-7-10-28-15(12)4-3-13(16)18-19(17(11)20)22(27)25-21(18)26/h3-10,24H,1-2H3,(H,25,26,27). The Bertz CT molecular complexity index is 1450. The molecule has 2 N–H and O–H groups in total. The van der Waals surface area contributed by atoms with Gasteiger partial charge in [-0.3, -0.25) is 14.9 Å². The predicted molar refractivity (Wildman–Crippen MR) is 115 cm³/mol. The zero-order valence-electron chi connectivity index (χ0n) is 15.3. The number of carbonyl (C=O) groups excluding carboxylic acids is 2. The highest BCUT2D eigenvalue weighted by Gasteiger charge is 2.34. The first-order chi connectivity index (χ1) is 13.4. The molecular weight excluding hydrogens is 368 g/mol. The third kappa shape index (κ3) is 1.89. The number of allylic oxidation sites excluding steroid dienone is 2. The number of carbonyl (C=O) groups is 2. The average molecular weight is 384 g/mol. The number of imide groups is 1. The Morgan fingerprint density at radius 3 is 2.54 bits per heavy atom. The number of thiophene rings is 1. The van der Waals surface area contributed by atoms with Crippen LogP contribution in [0.1, 0.15) is 45.8 Å². The molecular formula is C23H16N2O2S. The highest BCUT2D eigenvalue weighted by molar-refractivity contribution is 7.17. The second kappa shape index (κ2) is 5.00. The van der Waals surface area contributed by atoms with E-state index in [4.69, 9.17) is 0 Å². The summed E-state index contributed by atoms with van der Waals surface area (Å²) in [4.78, 5) is 29.0. The number of benzene rings is 2. The van der Waals surface area contributed by atoms with Gasteiger partial charge in [0.2, 0.25) is 0 Å². The van der Waals surface area contributed by atoms with Crippen molar-refractivity contribution in [3.05, 3.63) is 58.1 Å². The summed E-state index contributed by atoms with van der Waals surface area (Å²) < 4.78 is 1.16. The zero-order valence-corrected chi connectivity index (χ0v) is 16.2. The van der Waals surface area contributed by atoms with Crippen molar-refractivity contribution in [3.63, 3.8) is 0 Å². The minimum absolute atomic E-state index is 0.0785. The molecule has 4 aromatic rings. The summed E-state index contributed by atoms with van der Waals surface area (Å²) in [5, 5.41) is 8.33. The molecule has 0 bridgehead atoms. The fourth-order valence-electron chi connectivity index (χ4n) is 4.41. The Balaban J connectivity index is 1.91. The lowest BCUT2D eigenvalue weighted by Gasteiger charge is -2.12. The van der Waals surface area contributed by atoms with Crippen molar-refractivity contribution in [2.45, 2.75) is 13.8 Å². The van der Waals surface area contributed by atoms with Gasteiger partial charge in [0, 0.05) is 37.5 Å². The summed E-state index contributed by atoms with van der Waals surface area (Å²) >= 11 is 1.67. The average Bonchev–Trinajstić information content (AvgIpc) is 3.31. The van der Waals surface area contributed by atoms with Crippen molar-refractivity contribution in [1.29, 1.82) is 0 Å². The van der Waals surface area contributed by atoms with Gasteiger partial charge in [-0.2, -0.15) is 0 Å². The minimum atomic E-state index is -0.319. The van der Waals surface area contributed by atoms with Crippen LogP contribution >= 0.6 is 11.3 Å². The van der Waals surface area contributed by atoms with E-state index >= 15 is 0 Å². The van der Waals surface area contributed by atoms with Gasteiger partial charge in [-0.05, 0) is 29.0 Å². The highest BCUT2D eigenvalue weighted by atomic mass is 32.1. The summed E-state index contributed by atoms with van der Waals surface area (Å²) in [6.45, 7) is 4.28. The maximum Gasteiger partial charge on any atom is 0.259 e. The van der Waals surface area contributed by atoms with Crippen LogP contribution in [0.2, 0.25) is 0 Å². The summed E-state index contributed by atoms with van der Waals surface area (Å²) in [6, 6.07) is 6.08. The van der Waals surface area contributed by atoms with E-state index in [1.807, 2.05) is 12.1 Å². The number of amides is 2. The van der Waals surface area contributed by atoms with Gasteiger partial charge in [0.15, 0.2) is 0 Å². The minimum Gasteiger partial charge on any atom is -0.354 e. The number of hydrogen-bond acceptors (Lipinski definition) is 3. The number of hydrogen-bond donors (Lipinski definition) is 2. The van der Waals surface area contributed by atoms with E-state index in [0.717, 1.165) is 43.0 Å². The lowest BCUT2D eigenvalue weighted by Crippen LogP contribution is -2.20. The van der Waals surface area contributed by atoms with Crippen molar-refractivity contribution < 1.29 is 9.59 Å². The second-order valence-electron chi connectivity index (χ2n) is 8.04. The first-order valence-electron chi connectivity index (χ1n) is 9.20. The molecule has 2 aromatic carbocycles. The van der Waals surface area contributed by atoms with Crippen LogP contribution in [0.15, 0.2) is 35.7 Å². The molecule has 2 amide bonds. The van der Waals surface area contributed by atoms with Crippen LogP contribution in [0, 0.1) is 5.41 Å². The second-order valence-corrected chi connectivity index (χ2v) is 8.99. The van der Waals surface area contributed by atoms with Crippen LogP contribution in [0.3, 0.4) is 0 Å². The summed E-state index contributed by atoms with van der Waals surface area (Å²) in [5.41, 5.74) is 3.74. The van der Waals surface area contributed by atoms with Crippen molar-refractivity contribution in [3.8, 4) is 0 Å². The van der Waals surface area contributed by atoms with Crippen LogP contribution in [0.5, 0.6) is 0 Å². The Hall–Kier alpha value is -3.18. The van der Waals surface area contributed by atoms with Crippen LogP contribution < -0.4 is 5.32 Å². The number of fused-ring (bicyclic) bond motifs is 10. The number of H-pyrrole nitrogens is 1. The van der Waals surface area contributed by atoms with E-state index < -0.39 is 0 Å². The smallest absolute Gasteiger partial charge is 0.259 e. The van der Waals surface area contributed by atoms with Gasteiger partial charge in [-0.15, -0.1) is 11.3 Å². The molecule has 0 fully saturated rings. The van der Waals surface area contributed by atoms with Gasteiger partial charge in [0.05, 0.1) is 16.6 Å². The summed E-state index contributed by atoms with van der Waals surface area (Å²) in [7, 11) is 0. The van der Waals surface area contributed by atoms with Gasteiger partial charge in [-0.25, -0.2) is 0 Å². The molecule has 1 aliphatic heterocycles. The maximum absolute atomic E-state index is 12.8. The zero-order chi connectivity index (χ0) is 19.2. The molecule has 0 saturated heterocycles. The molecule has 6 rings (SSSR count). The molecule has 0 radical (unpaired) electrons. The van der Waals surface area contributed by atoms with Crippen LogP contribution in [-0.4, -0.2) is 16.8 Å². The number of rotatable bonds is 0. The molecule has 0 unspecified atom stereocenters. The Morgan fingerprint density at radius 2 is 1.68 bits per heavy atom. The summed E-state index contributed by atoms with van der Waals surface area (Å²) in [5.74, 6) is -0.634. The van der Waals surface area contributed by atoms with E-state index in [9.17, 15) is 9.59 Å². The number of nitrogens with one attached hydrogen (secondary N) is 2. The SMILES string of the molecule is CC1(C)C=Cc2[nH]c3c(c2C=C1)c1c(c2ccc4sccc4c23)C(=O)NC1=O. The Labute approximate surface area is 164 Å². The van der Waals surface area contributed by atoms with E-state index in [1.165, 1.54) is 0 Å². The van der Waals surface area contributed by atoms with Crippen LogP contribution in [-0.2, 0) is 0 Å².